The van der Waals surface area contributed by atoms with Gasteiger partial charge in [0.1, 0.15) is 0 Å². The Morgan fingerprint density at radius 1 is 1.31 bits per heavy atom. The molecule has 0 atom stereocenters. The van der Waals surface area contributed by atoms with Crippen molar-refractivity contribution in [3.63, 3.8) is 0 Å². The van der Waals surface area contributed by atoms with Crippen molar-refractivity contribution >= 4 is 10.0 Å². The predicted octanol–water partition coefficient (Wildman–Crippen LogP) is 1.46. The summed E-state index contributed by atoms with van der Waals surface area (Å²) < 4.78 is 23.6. The number of hydrogen-bond donors (Lipinski definition) is 0. The van der Waals surface area contributed by atoms with E-state index in [0.29, 0.717) is 6.54 Å². The van der Waals surface area contributed by atoms with Crippen LogP contribution in [0.15, 0.2) is 0 Å². The third-order valence-electron chi connectivity index (χ3n) is 2.89. The summed E-state index contributed by atoms with van der Waals surface area (Å²) in [6.07, 6.45) is 7.53. The van der Waals surface area contributed by atoms with Crippen molar-refractivity contribution < 1.29 is 8.42 Å². The fourth-order valence-electron chi connectivity index (χ4n) is 1.83. The normalized spacial score (nSPS) is 19.9. The van der Waals surface area contributed by atoms with Gasteiger partial charge in [0.25, 0.3) is 0 Å². The van der Waals surface area contributed by atoms with Crippen LogP contribution in [0.3, 0.4) is 0 Å². The molecule has 0 aromatic carbocycles. The van der Waals surface area contributed by atoms with Gasteiger partial charge in [0, 0.05) is 13.6 Å². The lowest BCUT2D eigenvalue weighted by molar-refractivity contribution is 0.406. The maximum atomic E-state index is 11.1. The van der Waals surface area contributed by atoms with Crippen LogP contribution >= 0.6 is 0 Å². The number of rotatable bonds is 4. The smallest absolute Gasteiger partial charge is 0.210 e. The van der Waals surface area contributed by atoms with Crippen LogP contribution < -0.4 is 0 Å². The van der Waals surface area contributed by atoms with Gasteiger partial charge < -0.3 is 0 Å². The second kappa shape index (κ2) is 4.42. The molecule has 78 valence electrons. The van der Waals surface area contributed by atoms with E-state index in [1.165, 1.54) is 36.2 Å². The van der Waals surface area contributed by atoms with E-state index in [2.05, 4.69) is 0 Å². The zero-order chi connectivity index (χ0) is 9.90. The van der Waals surface area contributed by atoms with Crippen LogP contribution in [0, 0.1) is 5.92 Å². The molecular weight excluding hydrogens is 186 g/mol. The van der Waals surface area contributed by atoms with Crippen molar-refractivity contribution in [2.45, 2.75) is 32.1 Å². The maximum absolute atomic E-state index is 11.1. The molecule has 0 aliphatic heterocycles. The molecule has 13 heavy (non-hydrogen) atoms. The fourth-order valence-corrected chi connectivity index (χ4v) is 2.27. The molecule has 4 heteroatoms. The Kier molecular flexibility index (Phi) is 3.74. The lowest BCUT2D eigenvalue weighted by Gasteiger charge is -2.16. The molecule has 0 spiro atoms. The molecule has 1 fully saturated rings. The monoisotopic (exact) mass is 205 g/mol. The summed E-state index contributed by atoms with van der Waals surface area (Å²) in [5, 5.41) is 0. The molecule has 0 bridgehead atoms. The minimum atomic E-state index is -2.96. The molecule has 1 aliphatic carbocycles. The highest BCUT2D eigenvalue weighted by atomic mass is 32.2. The van der Waals surface area contributed by atoms with Gasteiger partial charge in [0.05, 0.1) is 6.26 Å². The van der Waals surface area contributed by atoms with E-state index in [1.54, 1.807) is 7.05 Å². The Morgan fingerprint density at radius 3 is 2.31 bits per heavy atom. The largest absolute Gasteiger partial charge is 0.213 e. The molecule has 1 rings (SSSR count). The van der Waals surface area contributed by atoms with Gasteiger partial charge in [0.2, 0.25) is 10.0 Å². The van der Waals surface area contributed by atoms with E-state index < -0.39 is 10.0 Å². The minimum absolute atomic E-state index is 0.684. The molecule has 1 saturated carbocycles. The van der Waals surface area contributed by atoms with E-state index in [1.807, 2.05) is 0 Å². The van der Waals surface area contributed by atoms with Crippen LogP contribution in [-0.4, -0.2) is 32.6 Å². The molecule has 0 N–H and O–H groups in total. The molecule has 0 radical (unpaired) electrons. The number of hydrogen-bond acceptors (Lipinski definition) is 2. The maximum Gasteiger partial charge on any atom is 0.210 e. The van der Waals surface area contributed by atoms with Gasteiger partial charge in [-0.05, 0) is 12.3 Å². The van der Waals surface area contributed by atoms with E-state index in [-0.39, 0.29) is 0 Å². The van der Waals surface area contributed by atoms with Crippen LogP contribution in [0.25, 0.3) is 0 Å². The summed E-state index contributed by atoms with van der Waals surface area (Å²) in [5.74, 6) is 0.768. The zero-order valence-electron chi connectivity index (χ0n) is 8.49. The van der Waals surface area contributed by atoms with Crippen molar-refractivity contribution in [2.24, 2.45) is 5.92 Å². The first-order chi connectivity index (χ1) is 6.00. The fraction of sp³-hybridized carbons (Fsp3) is 1.00. The average molecular weight is 205 g/mol. The lowest BCUT2D eigenvalue weighted by Crippen LogP contribution is -2.27. The van der Waals surface area contributed by atoms with Crippen LogP contribution in [0.4, 0.5) is 0 Å². The van der Waals surface area contributed by atoms with Crippen LogP contribution in [-0.2, 0) is 10.0 Å². The first-order valence-electron chi connectivity index (χ1n) is 4.91. The van der Waals surface area contributed by atoms with Gasteiger partial charge in [-0.2, -0.15) is 0 Å². The molecule has 1 aliphatic rings. The Hall–Kier alpha value is -0.0900. The van der Waals surface area contributed by atoms with Crippen LogP contribution in [0.2, 0.25) is 0 Å². The van der Waals surface area contributed by atoms with E-state index in [4.69, 9.17) is 0 Å². The number of sulfonamides is 1. The van der Waals surface area contributed by atoms with Gasteiger partial charge >= 0.3 is 0 Å². The zero-order valence-corrected chi connectivity index (χ0v) is 9.31. The standard InChI is InChI=1S/C9H19NO2S/c1-10(13(2,11)12)8-7-9-5-3-4-6-9/h9H,3-8H2,1-2H3. The Bertz CT molecular complexity index is 242. The second-order valence-electron chi connectivity index (χ2n) is 4.02. The molecule has 0 heterocycles. The molecule has 0 unspecified atom stereocenters. The van der Waals surface area contributed by atoms with E-state index >= 15 is 0 Å². The highest BCUT2D eigenvalue weighted by Crippen LogP contribution is 2.27. The van der Waals surface area contributed by atoms with Gasteiger partial charge in [0.15, 0.2) is 0 Å². The van der Waals surface area contributed by atoms with Crippen LogP contribution in [0.1, 0.15) is 32.1 Å². The first kappa shape index (κ1) is 11.0. The van der Waals surface area contributed by atoms with Gasteiger partial charge in [-0.15, -0.1) is 0 Å². The predicted molar refractivity (Wildman–Crippen MR) is 54.0 cm³/mol. The van der Waals surface area contributed by atoms with E-state index in [0.717, 1.165) is 12.3 Å². The first-order valence-corrected chi connectivity index (χ1v) is 6.76. The van der Waals surface area contributed by atoms with E-state index in [9.17, 15) is 8.42 Å². The van der Waals surface area contributed by atoms with Crippen molar-refractivity contribution in [1.82, 2.24) is 4.31 Å². The van der Waals surface area contributed by atoms with Crippen molar-refractivity contribution in [1.29, 1.82) is 0 Å². The summed E-state index contributed by atoms with van der Waals surface area (Å²) in [4.78, 5) is 0. The van der Waals surface area contributed by atoms with Crippen molar-refractivity contribution in [3.8, 4) is 0 Å². The quantitative estimate of drug-likeness (QED) is 0.697. The topological polar surface area (TPSA) is 37.4 Å². The van der Waals surface area contributed by atoms with Crippen molar-refractivity contribution in [2.75, 3.05) is 19.8 Å². The summed E-state index contributed by atoms with van der Waals surface area (Å²) in [6, 6.07) is 0. The molecule has 0 aromatic heterocycles. The molecule has 0 amide bonds. The second-order valence-corrected chi connectivity index (χ2v) is 6.11. The summed E-state index contributed by atoms with van der Waals surface area (Å²) in [5.41, 5.74) is 0. The average Bonchev–Trinajstić information content (AvgIpc) is 2.50. The van der Waals surface area contributed by atoms with Crippen LogP contribution in [0.5, 0.6) is 0 Å². The van der Waals surface area contributed by atoms with Gasteiger partial charge in [-0.25, -0.2) is 12.7 Å². The van der Waals surface area contributed by atoms with Gasteiger partial charge in [-0.1, -0.05) is 25.7 Å². The Balaban J connectivity index is 2.25. The Labute approximate surface area is 81.2 Å². The molecule has 0 aromatic rings. The number of nitrogens with zero attached hydrogens (tertiary/aromatic N) is 1. The molecular formula is C9H19NO2S. The molecule has 3 nitrogen and oxygen atoms in total. The third kappa shape index (κ3) is 3.65. The highest BCUT2D eigenvalue weighted by Gasteiger charge is 2.17. The highest BCUT2D eigenvalue weighted by molar-refractivity contribution is 7.88. The third-order valence-corrected chi connectivity index (χ3v) is 4.21. The summed E-state index contributed by atoms with van der Waals surface area (Å²) in [7, 11) is -1.30. The van der Waals surface area contributed by atoms with Gasteiger partial charge in [-0.3, -0.25) is 0 Å². The SMILES string of the molecule is CN(CCC1CCCC1)S(C)(=O)=O. The molecule has 0 saturated heterocycles. The Morgan fingerprint density at radius 2 is 1.85 bits per heavy atom. The summed E-state index contributed by atoms with van der Waals surface area (Å²) >= 11 is 0. The van der Waals surface area contributed by atoms with Crippen molar-refractivity contribution in [3.05, 3.63) is 0 Å². The minimum Gasteiger partial charge on any atom is -0.213 e. The lowest BCUT2D eigenvalue weighted by atomic mass is 10.0. The summed E-state index contributed by atoms with van der Waals surface area (Å²) in [6.45, 7) is 0.684.